The number of nitrogens with two attached hydrogens (primary N) is 1. The van der Waals surface area contributed by atoms with Crippen molar-refractivity contribution in [3.05, 3.63) is 23.8 Å². The van der Waals surface area contributed by atoms with E-state index in [1.807, 2.05) is 11.8 Å². The molecule has 0 saturated carbocycles. The van der Waals surface area contributed by atoms with Crippen LogP contribution < -0.4 is 5.73 Å². The third kappa shape index (κ3) is 2.48. The maximum absolute atomic E-state index is 6.07. The zero-order valence-corrected chi connectivity index (χ0v) is 12.1. The third-order valence-electron chi connectivity index (χ3n) is 3.27. The summed E-state index contributed by atoms with van der Waals surface area (Å²) in [6.07, 6.45) is 1.13. The molecule has 0 amide bonds. The van der Waals surface area contributed by atoms with Crippen molar-refractivity contribution in [2.45, 2.75) is 33.2 Å². The fourth-order valence-electron chi connectivity index (χ4n) is 2.27. The molecule has 0 saturated heterocycles. The number of fused-ring (bicyclic) bond motifs is 1. The highest BCUT2D eigenvalue weighted by atomic mass is 32.2. The molecule has 4 heteroatoms. The molecule has 1 heterocycles. The lowest BCUT2D eigenvalue weighted by atomic mass is 10.2. The molecule has 0 spiro atoms. The average Bonchev–Trinajstić information content (AvgIpc) is 2.67. The highest BCUT2D eigenvalue weighted by molar-refractivity contribution is 7.99. The molecule has 2 aromatic rings. The summed E-state index contributed by atoms with van der Waals surface area (Å²) in [5.41, 5.74) is 9.45. The molecule has 3 nitrogen and oxygen atoms in total. The number of nitrogens with zero attached hydrogens (tertiary/aromatic N) is 2. The molecule has 0 bridgehead atoms. The smallest absolute Gasteiger partial charge is 0.201 e. The second-order valence-corrected chi connectivity index (χ2v) is 6.01. The molecule has 1 atom stereocenters. The number of anilines is 1. The topological polar surface area (TPSA) is 43.8 Å². The summed E-state index contributed by atoms with van der Waals surface area (Å²) >= 11 is 1.97. The number of hydrogen-bond donors (Lipinski definition) is 1. The SMILES string of the molecule is CCSCCC(C)n1c(N)nc2c(C)cccc21. The van der Waals surface area contributed by atoms with Crippen molar-refractivity contribution in [3.63, 3.8) is 0 Å². The maximum atomic E-state index is 6.07. The fraction of sp³-hybridized carbons (Fsp3) is 0.500. The van der Waals surface area contributed by atoms with Gasteiger partial charge in [-0.2, -0.15) is 11.8 Å². The van der Waals surface area contributed by atoms with Gasteiger partial charge in [-0.3, -0.25) is 0 Å². The minimum absolute atomic E-state index is 0.399. The van der Waals surface area contributed by atoms with E-state index >= 15 is 0 Å². The number of hydrogen-bond acceptors (Lipinski definition) is 3. The second-order valence-electron chi connectivity index (χ2n) is 4.62. The lowest BCUT2D eigenvalue weighted by Gasteiger charge is -2.15. The Bertz CT molecular complexity index is 533. The van der Waals surface area contributed by atoms with E-state index in [1.54, 1.807) is 0 Å². The van der Waals surface area contributed by atoms with Gasteiger partial charge in [-0.25, -0.2) is 4.98 Å². The number of thioether (sulfide) groups is 1. The molecule has 2 rings (SSSR count). The van der Waals surface area contributed by atoms with E-state index < -0.39 is 0 Å². The normalized spacial score (nSPS) is 13.1. The first kappa shape index (κ1) is 13.3. The number of nitrogen functional groups attached to an aromatic ring is 1. The van der Waals surface area contributed by atoms with Gasteiger partial charge < -0.3 is 10.3 Å². The predicted octanol–water partition coefficient (Wildman–Crippen LogP) is 3.63. The standard InChI is InChI=1S/C14H21N3S/c1-4-18-9-8-11(3)17-12-7-5-6-10(2)13(12)16-14(17)15/h5-7,11H,4,8-9H2,1-3H3,(H2,15,16). The summed E-state index contributed by atoms with van der Waals surface area (Å²) in [5.74, 6) is 2.97. The van der Waals surface area contributed by atoms with Crippen LogP contribution in [0.1, 0.15) is 31.9 Å². The Labute approximate surface area is 113 Å². The van der Waals surface area contributed by atoms with E-state index in [1.165, 1.54) is 17.1 Å². The summed E-state index contributed by atoms with van der Waals surface area (Å²) in [6, 6.07) is 6.66. The number of aromatic nitrogens is 2. The van der Waals surface area contributed by atoms with E-state index in [2.05, 4.69) is 48.5 Å². The minimum Gasteiger partial charge on any atom is -0.369 e. The lowest BCUT2D eigenvalue weighted by molar-refractivity contribution is 0.556. The van der Waals surface area contributed by atoms with Gasteiger partial charge in [0, 0.05) is 6.04 Å². The molecule has 2 N–H and O–H groups in total. The van der Waals surface area contributed by atoms with Crippen LogP contribution in [0.4, 0.5) is 5.95 Å². The molecule has 0 fully saturated rings. The molecule has 0 aliphatic heterocycles. The van der Waals surface area contributed by atoms with Crippen LogP contribution in [0.5, 0.6) is 0 Å². The van der Waals surface area contributed by atoms with E-state index in [4.69, 9.17) is 5.73 Å². The molecule has 1 aromatic carbocycles. The lowest BCUT2D eigenvalue weighted by Crippen LogP contribution is -2.09. The highest BCUT2D eigenvalue weighted by Crippen LogP contribution is 2.27. The molecule has 0 radical (unpaired) electrons. The van der Waals surface area contributed by atoms with Crippen molar-refractivity contribution in [3.8, 4) is 0 Å². The van der Waals surface area contributed by atoms with E-state index in [0.717, 1.165) is 17.5 Å². The summed E-state index contributed by atoms with van der Waals surface area (Å²) in [5, 5.41) is 0. The Morgan fingerprint density at radius 1 is 1.44 bits per heavy atom. The van der Waals surface area contributed by atoms with Crippen molar-refractivity contribution >= 4 is 28.7 Å². The Kier molecular flexibility index (Phi) is 4.17. The average molecular weight is 263 g/mol. The van der Waals surface area contributed by atoms with Gasteiger partial charge in [0.1, 0.15) is 0 Å². The first-order chi connectivity index (χ1) is 8.65. The molecular weight excluding hydrogens is 242 g/mol. The molecule has 18 heavy (non-hydrogen) atoms. The Morgan fingerprint density at radius 2 is 2.22 bits per heavy atom. The van der Waals surface area contributed by atoms with Crippen LogP contribution in [0.3, 0.4) is 0 Å². The van der Waals surface area contributed by atoms with Gasteiger partial charge in [0.05, 0.1) is 11.0 Å². The minimum atomic E-state index is 0.399. The van der Waals surface area contributed by atoms with Crippen LogP contribution >= 0.6 is 11.8 Å². The molecular formula is C14H21N3S. The van der Waals surface area contributed by atoms with Gasteiger partial charge in [-0.15, -0.1) is 0 Å². The van der Waals surface area contributed by atoms with Crippen LogP contribution in [0.2, 0.25) is 0 Å². The van der Waals surface area contributed by atoms with Crippen molar-refractivity contribution in [1.29, 1.82) is 0 Å². The van der Waals surface area contributed by atoms with Gasteiger partial charge in [-0.1, -0.05) is 19.1 Å². The van der Waals surface area contributed by atoms with Crippen molar-refractivity contribution in [2.24, 2.45) is 0 Å². The molecule has 1 unspecified atom stereocenters. The number of aryl methyl sites for hydroxylation is 1. The quantitative estimate of drug-likeness (QED) is 0.838. The summed E-state index contributed by atoms with van der Waals surface area (Å²) in [6.45, 7) is 6.49. The second kappa shape index (κ2) is 5.65. The highest BCUT2D eigenvalue weighted by Gasteiger charge is 2.14. The number of imidazole rings is 1. The van der Waals surface area contributed by atoms with Crippen LogP contribution in [0.25, 0.3) is 11.0 Å². The maximum Gasteiger partial charge on any atom is 0.201 e. The third-order valence-corrected chi connectivity index (χ3v) is 4.21. The Morgan fingerprint density at radius 3 is 2.94 bits per heavy atom. The zero-order valence-electron chi connectivity index (χ0n) is 11.3. The van der Waals surface area contributed by atoms with Gasteiger partial charge in [-0.05, 0) is 43.4 Å². The first-order valence-electron chi connectivity index (χ1n) is 6.46. The molecule has 98 valence electrons. The monoisotopic (exact) mass is 263 g/mol. The summed E-state index contributed by atoms with van der Waals surface area (Å²) in [4.78, 5) is 4.50. The fourth-order valence-corrected chi connectivity index (χ4v) is 3.06. The van der Waals surface area contributed by atoms with Crippen molar-refractivity contribution < 1.29 is 0 Å². The Hall–Kier alpha value is -1.16. The Balaban J connectivity index is 2.32. The van der Waals surface area contributed by atoms with Crippen LogP contribution in [0, 0.1) is 6.92 Å². The van der Waals surface area contributed by atoms with Gasteiger partial charge in [0.2, 0.25) is 5.95 Å². The number of para-hydroxylation sites is 1. The van der Waals surface area contributed by atoms with Gasteiger partial charge in [0.25, 0.3) is 0 Å². The summed E-state index contributed by atoms with van der Waals surface area (Å²) in [7, 11) is 0. The van der Waals surface area contributed by atoms with Gasteiger partial charge in [0.15, 0.2) is 0 Å². The van der Waals surface area contributed by atoms with Crippen molar-refractivity contribution in [2.75, 3.05) is 17.2 Å². The molecule has 0 aliphatic carbocycles. The number of benzene rings is 1. The largest absolute Gasteiger partial charge is 0.369 e. The van der Waals surface area contributed by atoms with Crippen molar-refractivity contribution in [1.82, 2.24) is 9.55 Å². The summed E-state index contributed by atoms with van der Waals surface area (Å²) < 4.78 is 2.17. The van der Waals surface area contributed by atoms with E-state index in [-0.39, 0.29) is 0 Å². The van der Waals surface area contributed by atoms with E-state index in [9.17, 15) is 0 Å². The number of rotatable bonds is 5. The van der Waals surface area contributed by atoms with Crippen LogP contribution in [0.15, 0.2) is 18.2 Å². The van der Waals surface area contributed by atoms with Crippen LogP contribution in [-0.4, -0.2) is 21.1 Å². The van der Waals surface area contributed by atoms with E-state index in [0.29, 0.717) is 12.0 Å². The van der Waals surface area contributed by atoms with Crippen LogP contribution in [-0.2, 0) is 0 Å². The molecule has 1 aromatic heterocycles. The zero-order chi connectivity index (χ0) is 13.1. The first-order valence-corrected chi connectivity index (χ1v) is 7.61. The predicted molar refractivity (Wildman–Crippen MR) is 81.2 cm³/mol. The molecule has 0 aliphatic rings. The van der Waals surface area contributed by atoms with Gasteiger partial charge >= 0.3 is 0 Å².